The molecule has 0 bridgehead atoms. The fourth-order valence-electron chi connectivity index (χ4n) is 2.04. The van der Waals surface area contributed by atoms with Crippen molar-refractivity contribution in [3.8, 4) is 11.5 Å². The maximum absolute atomic E-state index is 5.65. The first-order valence-electron chi connectivity index (χ1n) is 7.06. The van der Waals surface area contributed by atoms with Gasteiger partial charge in [0.2, 0.25) is 11.8 Å². The van der Waals surface area contributed by atoms with Crippen LogP contribution in [0.4, 0.5) is 0 Å². The first-order chi connectivity index (χ1) is 10.8. The summed E-state index contributed by atoms with van der Waals surface area (Å²) in [5, 5.41) is 11.4. The second kappa shape index (κ2) is 7.33. The third-order valence-electron chi connectivity index (χ3n) is 3.16. The lowest BCUT2D eigenvalue weighted by Gasteiger charge is -2.02. The number of rotatable bonds is 7. The van der Waals surface area contributed by atoms with Gasteiger partial charge in [0.15, 0.2) is 0 Å². The molecule has 0 aliphatic carbocycles. The summed E-state index contributed by atoms with van der Waals surface area (Å²) in [7, 11) is 0. The second-order valence-corrected chi connectivity index (χ2v) is 5.75. The molecule has 0 amide bonds. The van der Waals surface area contributed by atoms with E-state index in [-0.39, 0.29) is 0 Å². The highest BCUT2D eigenvalue weighted by atomic mass is 79.9. The van der Waals surface area contributed by atoms with Crippen LogP contribution in [0.5, 0.6) is 0 Å². The largest absolute Gasteiger partial charge is 0.419 e. The molecule has 3 rings (SSSR count). The van der Waals surface area contributed by atoms with E-state index < -0.39 is 0 Å². The molecule has 1 aromatic carbocycles. The molecule has 0 aliphatic heterocycles. The van der Waals surface area contributed by atoms with Crippen LogP contribution < -0.4 is 5.32 Å². The van der Waals surface area contributed by atoms with E-state index >= 15 is 0 Å². The van der Waals surface area contributed by atoms with Crippen LogP contribution in [-0.4, -0.2) is 26.3 Å². The number of aromatic nitrogens is 4. The SMILES string of the molecule is Brc1ccc(-c2nnc(CNCCCn3ccnc3)o2)cc1. The smallest absolute Gasteiger partial charge is 0.247 e. The molecule has 0 radical (unpaired) electrons. The van der Waals surface area contributed by atoms with E-state index in [0.717, 1.165) is 29.5 Å². The average Bonchev–Trinajstić information content (AvgIpc) is 3.19. The zero-order valence-electron chi connectivity index (χ0n) is 11.9. The van der Waals surface area contributed by atoms with Crippen LogP contribution in [0, 0.1) is 0 Å². The van der Waals surface area contributed by atoms with Crippen molar-refractivity contribution < 1.29 is 4.42 Å². The number of nitrogens with one attached hydrogen (secondary N) is 1. The Labute approximate surface area is 136 Å². The highest BCUT2D eigenvalue weighted by molar-refractivity contribution is 9.10. The molecule has 0 spiro atoms. The van der Waals surface area contributed by atoms with Crippen molar-refractivity contribution in [1.29, 1.82) is 0 Å². The standard InChI is InChI=1S/C15H16BrN5O/c16-13-4-2-12(3-5-13)15-20-19-14(22-15)10-17-6-1-8-21-9-7-18-11-21/h2-5,7,9,11,17H,1,6,8,10H2. The first-order valence-corrected chi connectivity index (χ1v) is 7.85. The van der Waals surface area contributed by atoms with Crippen molar-refractivity contribution in [3.63, 3.8) is 0 Å². The fourth-order valence-corrected chi connectivity index (χ4v) is 2.30. The summed E-state index contributed by atoms with van der Waals surface area (Å²) in [6, 6.07) is 7.79. The summed E-state index contributed by atoms with van der Waals surface area (Å²) >= 11 is 3.40. The fraction of sp³-hybridized carbons (Fsp3) is 0.267. The Morgan fingerprint density at radius 1 is 1.18 bits per heavy atom. The van der Waals surface area contributed by atoms with Crippen molar-refractivity contribution in [2.45, 2.75) is 19.5 Å². The van der Waals surface area contributed by atoms with Crippen LogP contribution in [0.3, 0.4) is 0 Å². The summed E-state index contributed by atoms with van der Waals surface area (Å²) in [5.41, 5.74) is 0.919. The second-order valence-electron chi connectivity index (χ2n) is 4.84. The van der Waals surface area contributed by atoms with Crippen molar-refractivity contribution >= 4 is 15.9 Å². The van der Waals surface area contributed by atoms with Gasteiger partial charge in [-0.1, -0.05) is 15.9 Å². The van der Waals surface area contributed by atoms with Gasteiger partial charge in [-0.25, -0.2) is 4.98 Å². The lowest BCUT2D eigenvalue weighted by molar-refractivity contribution is 0.470. The molecule has 2 heterocycles. The van der Waals surface area contributed by atoms with Gasteiger partial charge in [-0.3, -0.25) is 0 Å². The van der Waals surface area contributed by atoms with Crippen LogP contribution in [0.15, 0.2) is 51.9 Å². The Balaban J connectivity index is 1.44. The van der Waals surface area contributed by atoms with Gasteiger partial charge in [0.1, 0.15) is 0 Å². The summed E-state index contributed by atoms with van der Waals surface area (Å²) in [5.74, 6) is 1.14. The topological polar surface area (TPSA) is 68.8 Å². The molecule has 0 fully saturated rings. The van der Waals surface area contributed by atoms with Gasteiger partial charge in [-0.2, -0.15) is 0 Å². The van der Waals surface area contributed by atoms with Gasteiger partial charge in [0, 0.05) is 29.0 Å². The predicted octanol–water partition coefficient (Wildman–Crippen LogP) is 2.88. The monoisotopic (exact) mass is 361 g/mol. The summed E-state index contributed by atoms with van der Waals surface area (Å²) < 4.78 is 8.73. The molecular weight excluding hydrogens is 346 g/mol. The third kappa shape index (κ3) is 4.02. The Kier molecular flexibility index (Phi) is 4.97. The lowest BCUT2D eigenvalue weighted by Crippen LogP contribution is -2.16. The zero-order valence-corrected chi connectivity index (χ0v) is 13.5. The molecule has 7 heteroatoms. The Hall–Kier alpha value is -1.99. The van der Waals surface area contributed by atoms with Crippen molar-refractivity contribution in [1.82, 2.24) is 25.1 Å². The molecule has 3 aromatic rings. The Morgan fingerprint density at radius 3 is 2.82 bits per heavy atom. The quantitative estimate of drug-likeness (QED) is 0.655. The van der Waals surface area contributed by atoms with Crippen LogP contribution >= 0.6 is 15.9 Å². The van der Waals surface area contributed by atoms with E-state index in [9.17, 15) is 0 Å². The van der Waals surface area contributed by atoms with E-state index in [2.05, 4.69) is 41.0 Å². The number of nitrogens with zero attached hydrogens (tertiary/aromatic N) is 4. The highest BCUT2D eigenvalue weighted by Gasteiger charge is 2.07. The van der Waals surface area contributed by atoms with Gasteiger partial charge in [0.05, 0.1) is 12.9 Å². The lowest BCUT2D eigenvalue weighted by atomic mass is 10.2. The molecule has 1 N–H and O–H groups in total. The summed E-state index contributed by atoms with van der Waals surface area (Å²) in [6.07, 6.45) is 6.59. The van der Waals surface area contributed by atoms with Crippen molar-refractivity contribution in [3.05, 3.63) is 53.3 Å². The molecule has 22 heavy (non-hydrogen) atoms. The number of hydrogen-bond donors (Lipinski definition) is 1. The van der Waals surface area contributed by atoms with E-state index in [0.29, 0.717) is 18.3 Å². The Bertz CT molecular complexity index is 693. The highest BCUT2D eigenvalue weighted by Crippen LogP contribution is 2.20. The third-order valence-corrected chi connectivity index (χ3v) is 3.69. The first kappa shape index (κ1) is 14.9. The van der Waals surface area contributed by atoms with E-state index in [1.165, 1.54) is 0 Å². The predicted molar refractivity (Wildman–Crippen MR) is 86.0 cm³/mol. The number of benzene rings is 1. The van der Waals surface area contributed by atoms with E-state index in [1.807, 2.05) is 36.8 Å². The molecule has 114 valence electrons. The van der Waals surface area contributed by atoms with E-state index in [4.69, 9.17) is 4.42 Å². The average molecular weight is 362 g/mol. The molecule has 6 nitrogen and oxygen atoms in total. The number of imidazole rings is 1. The Morgan fingerprint density at radius 2 is 2.05 bits per heavy atom. The van der Waals surface area contributed by atoms with Crippen LogP contribution in [0.1, 0.15) is 12.3 Å². The molecule has 0 unspecified atom stereocenters. The minimum absolute atomic E-state index is 0.544. The van der Waals surface area contributed by atoms with Gasteiger partial charge in [0.25, 0.3) is 0 Å². The minimum atomic E-state index is 0.544. The van der Waals surface area contributed by atoms with E-state index in [1.54, 1.807) is 6.20 Å². The van der Waals surface area contributed by atoms with Gasteiger partial charge < -0.3 is 14.3 Å². The van der Waals surface area contributed by atoms with Gasteiger partial charge in [-0.05, 0) is 37.2 Å². The number of hydrogen-bond acceptors (Lipinski definition) is 5. The number of aryl methyl sites for hydroxylation is 1. The van der Waals surface area contributed by atoms with Crippen molar-refractivity contribution in [2.24, 2.45) is 0 Å². The van der Waals surface area contributed by atoms with Gasteiger partial charge >= 0.3 is 0 Å². The molecule has 2 aromatic heterocycles. The number of halogens is 1. The van der Waals surface area contributed by atoms with Crippen molar-refractivity contribution in [2.75, 3.05) is 6.54 Å². The molecule has 0 saturated heterocycles. The zero-order chi connectivity index (χ0) is 15.2. The van der Waals surface area contributed by atoms with Crippen LogP contribution in [0.2, 0.25) is 0 Å². The van der Waals surface area contributed by atoms with Crippen LogP contribution in [-0.2, 0) is 13.1 Å². The molecule has 0 atom stereocenters. The summed E-state index contributed by atoms with van der Waals surface area (Å²) in [4.78, 5) is 4.01. The minimum Gasteiger partial charge on any atom is -0.419 e. The molecule has 0 saturated carbocycles. The maximum Gasteiger partial charge on any atom is 0.247 e. The summed E-state index contributed by atoms with van der Waals surface area (Å²) in [6.45, 7) is 2.41. The maximum atomic E-state index is 5.65. The molecular formula is C15H16BrN5O. The van der Waals surface area contributed by atoms with Gasteiger partial charge in [-0.15, -0.1) is 10.2 Å². The normalized spacial score (nSPS) is 11.0. The molecule has 0 aliphatic rings. The van der Waals surface area contributed by atoms with Crippen LogP contribution in [0.25, 0.3) is 11.5 Å².